The zero-order valence-corrected chi connectivity index (χ0v) is 13.1. The summed E-state index contributed by atoms with van der Waals surface area (Å²) in [5.41, 5.74) is 2.19. The molecule has 4 rings (SSSR count). The van der Waals surface area contributed by atoms with Crippen molar-refractivity contribution in [1.29, 1.82) is 0 Å². The molecule has 0 aliphatic carbocycles. The van der Waals surface area contributed by atoms with Gasteiger partial charge in [-0.05, 0) is 42.3 Å². The lowest BCUT2D eigenvalue weighted by Gasteiger charge is -2.36. The van der Waals surface area contributed by atoms with Crippen LogP contribution in [-0.4, -0.2) is 48.6 Å². The molecule has 4 nitrogen and oxygen atoms in total. The van der Waals surface area contributed by atoms with Crippen molar-refractivity contribution < 1.29 is 4.39 Å². The maximum Gasteiger partial charge on any atom is 0.128 e. The van der Waals surface area contributed by atoms with Crippen molar-refractivity contribution in [3.8, 4) is 0 Å². The van der Waals surface area contributed by atoms with Gasteiger partial charge in [0.05, 0.1) is 0 Å². The number of rotatable bonds is 3. The van der Waals surface area contributed by atoms with Crippen LogP contribution in [0, 0.1) is 5.82 Å². The highest BCUT2D eigenvalue weighted by Crippen LogP contribution is 2.27. The zero-order chi connectivity index (χ0) is 15.6. The Balaban J connectivity index is 1.31. The van der Waals surface area contributed by atoms with Crippen molar-refractivity contribution >= 4 is 11.5 Å². The first-order valence-corrected chi connectivity index (χ1v) is 8.21. The molecule has 2 aliphatic heterocycles. The van der Waals surface area contributed by atoms with E-state index in [-0.39, 0.29) is 5.82 Å². The van der Waals surface area contributed by atoms with Crippen LogP contribution in [0.4, 0.5) is 15.9 Å². The van der Waals surface area contributed by atoms with Gasteiger partial charge in [0.1, 0.15) is 11.6 Å². The number of fused-ring (bicyclic) bond motifs is 1. The lowest BCUT2D eigenvalue weighted by molar-refractivity contribution is 0.248. The van der Waals surface area contributed by atoms with Gasteiger partial charge in [-0.1, -0.05) is 6.07 Å². The van der Waals surface area contributed by atoms with Crippen LogP contribution in [0.2, 0.25) is 0 Å². The van der Waals surface area contributed by atoms with Gasteiger partial charge in [-0.25, -0.2) is 9.37 Å². The Bertz CT molecular complexity index is 668. The van der Waals surface area contributed by atoms with E-state index in [9.17, 15) is 4.39 Å². The number of hydrogen-bond acceptors (Lipinski definition) is 4. The summed E-state index contributed by atoms with van der Waals surface area (Å²) in [6, 6.07) is 11.5. The molecule has 1 saturated heterocycles. The van der Waals surface area contributed by atoms with E-state index in [2.05, 4.69) is 26.2 Å². The molecular weight excluding hydrogens is 291 g/mol. The number of nitrogens with zero attached hydrogens (tertiary/aromatic N) is 3. The fraction of sp³-hybridized carbons (Fsp3) is 0.389. The lowest BCUT2D eigenvalue weighted by atomic mass is 10.1. The number of benzene rings is 1. The molecular formula is C18H21FN4. The third-order valence-corrected chi connectivity index (χ3v) is 4.72. The highest BCUT2D eigenvalue weighted by molar-refractivity contribution is 5.56. The number of piperazine rings is 1. The van der Waals surface area contributed by atoms with Crippen LogP contribution < -0.4 is 10.2 Å². The number of aromatic nitrogens is 1. The van der Waals surface area contributed by atoms with Crippen LogP contribution in [0.3, 0.4) is 0 Å². The normalized spacial score (nSPS) is 21.1. The number of pyridine rings is 1. The average Bonchev–Trinajstić information content (AvgIpc) is 2.97. The molecule has 0 saturated carbocycles. The van der Waals surface area contributed by atoms with Gasteiger partial charge in [-0.3, -0.25) is 4.90 Å². The highest BCUT2D eigenvalue weighted by atomic mass is 19.1. The summed E-state index contributed by atoms with van der Waals surface area (Å²) in [4.78, 5) is 9.25. The fourth-order valence-corrected chi connectivity index (χ4v) is 3.53. The molecule has 1 unspecified atom stereocenters. The van der Waals surface area contributed by atoms with E-state index < -0.39 is 0 Å². The van der Waals surface area contributed by atoms with Crippen LogP contribution in [0.1, 0.15) is 5.56 Å². The van der Waals surface area contributed by atoms with Crippen LogP contribution in [0.5, 0.6) is 0 Å². The molecule has 120 valence electrons. The number of anilines is 2. The first-order valence-electron chi connectivity index (χ1n) is 8.21. The molecule has 2 aliphatic rings. The quantitative estimate of drug-likeness (QED) is 0.943. The first-order chi connectivity index (χ1) is 11.3. The van der Waals surface area contributed by atoms with Gasteiger partial charge in [0.2, 0.25) is 0 Å². The van der Waals surface area contributed by atoms with Crippen LogP contribution in [0.15, 0.2) is 42.6 Å². The van der Waals surface area contributed by atoms with Crippen LogP contribution in [-0.2, 0) is 6.42 Å². The lowest BCUT2D eigenvalue weighted by Crippen LogP contribution is -2.49. The van der Waals surface area contributed by atoms with E-state index in [4.69, 9.17) is 0 Å². The second-order valence-electron chi connectivity index (χ2n) is 6.32. The second kappa shape index (κ2) is 6.16. The summed E-state index contributed by atoms with van der Waals surface area (Å²) in [5.74, 6) is 0.921. The molecule has 5 heteroatoms. The third kappa shape index (κ3) is 3.15. The van der Waals surface area contributed by atoms with E-state index in [0.29, 0.717) is 6.04 Å². The summed E-state index contributed by atoms with van der Waals surface area (Å²) < 4.78 is 13.3. The van der Waals surface area contributed by atoms with Crippen LogP contribution in [0.25, 0.3) is 0 Å². The van der Waals surface area contributed by atoms with Gasteiger partial charge in [-0.15, -0.1) is 0 Å². The van der Waals surface area contributed by atoms with E-state index >= 15 is 0 Å². The number of hydrogen-bond donors (Lipinski definition) is 1. The molecule has 23 heavy (non-hydrogen) atoms. The molecule has 0 spiro atoms. The summed E-state index contributed by atoms with van der Waals surface area (Å²) in [7, 11) is 0. The molecule has 1 atom stereocenters. The van der Waals surface area contributed by atoms with Crippen molar-refractivity contribution in [2.24, 2.45) is 0 Å². The SMILES string of the molecule is Fc1ccc2c(c1)CC(CN1CCN(c3ccccn3)CC1)N2. The predicted molar refractivity (Wildman–Crippen MR) is 90.4 cm³/mol. The number of halogens is 1. The van der Waals surface area contributed by atoms with Gasteiger partial charge in [0.25, 0.3) is 0 Å². The Morgan fingerprint density at radius 1 is 1.13 bits per heavy atom. The largest absolute Gasteiger partial charge is 0.380 e. The van der Waals surface area contributed by atoms with Crippen molar-refractivity contribution in [3.05, 3.63) is 54.0 Å². The van der Waals surface area contributed by atoms with Crippen LogP contribution >= 0.6 is 0 Å². The van der Waals surface area contributed by atoms with Gasteiger partial charge in [0, 0.05) is 50.6 Å². The minimum Gasteiger partial charge on any atom is -0.380 e. The Morgan fingerprint density at radius 2 is 2.00 bits per heavy atom. The Hall–Kier alpha value is -2.14. The summed E-state index contributed by atoms with van der Waals surface area (Å²) in [6.45, 7) is 5.10. The van der Waals surface area contributed by atoms with Gasteiger partial charge in [0.15, 0.2) is 0 Å². The minimum atomic E-state index is -0.143. The molecule has 1 aromatic carbocycles. The predicted octanol–water partition coefficient (Wildman–Crippen LogP) is 2.38. The number of nitrogens with one attached hydrogen (secondary N) is 1. The van der Waals surface area contributed by atoms with Crippen molar-refractivity contribution in [2.75, 3.05) is 42.9 Å². The maximum absolute atomic E-state index is 13.3. The van der Waals surface area contributed by atoms with E-state index in [0.717, 1.165) is 56.2 Å². The van der Waals surface area contributed by atoms with Crippen molar-refractivity contribution in [1.82, 2.24) is 9.88 Å². The van der Waals surface area contributed by atoms with E-state index in [1.165, 1.54) is 6.07 Å². The standard InChI is InChI=1S/C18H21FN4/c19-15-4-5-17-14(11-15)12-16(21-17)13-22-7-9-23(10-8-22)18-3-1-2-6-20-18/h1-6,11,16,21H,7-10,12-13H2. The summed E-state index contributed by atoms with van der Waals surface area (Å²) >= 11 is 0. The van der Waals surface area contributed by atoms with Gasteiger partial charge < -0.3 is 10.2 Å². The average molecular weight is 312 g/mol. The molecule has 1 aromatic heterocycles. The van der Waals surface area contributed by atoms with E-state index in [1.54, 1.807) is 6.07 Å². The third-order valence-electron chi connectivity index (χ3n) is 4.72. The molecule has 3 heterocycles. The Labute approximate surface area is 135 Å². The van der Waals surface area contributed by atoms with E-state index in [1.807, 2.05) is 24.4 Å². The van der Waals surface area contributed by atoms with Crippen molar-refractivity contribution in [3.63, 3.8) is 0 Å². The van der Waals surface area contributed by atoms with Gasteiger partial charge in [-0.2, -0.15) is 0 Å². The second-order valence-corrected chi connectivity index (χ2v) is 6.32. The molecule has 0 radical (unpaired) electrons. The zero-order valence-electron chi connectivity index (χ0n) is 13.1. The minimum absolute atomic E-state index is 0.143. The molecule has 0 bridgehead atoms. The van der Waals surface area contributed by atoms with Gasteiger partial charge >= 0.3 is 0 Å². The molecule has 1 fully saturated rings. The topological polar surface area (TPSA) is 31.4 Å². The summed E-state index contributed by atoms with van der Waals surface area (Å²) in [6.07, 6.45) is 2.76. The summed E-state index contributed by atoms with van der Waals surface area (Å²) in [5, 5.41) is 3.52. The fourth-order valence-electron chi connectivity index (χ4n) is 3.53. The Morgan fingerprint density at radius 3 is 2.78 bits per heavy atom. The smallest absolute Gasteiger partial charge is 0.128 e. The molecule has 0 amide bonds. The first kappa shape index (κ1) is 14.5. The monoisotopic (exact) mass is 312 g/mol. The van der Waals surface area contributed by atoms with Crippen molar-refractivity contribution in [2.45, 2.75) is 12.5 Å². The maximum atomic E-state index is 13.3. The molecule has 1 N–H and O–H groups in total. The molecule has 2 aromatic rings. The Kier molecular flexibility index (Phi) is 3.87. The highest BCUT2D eigenvalue weighted by Gasteiger charge is 2.25.